The molecule has 5 heteroatoms. The predicted octanol–water partition coefficient (Wildman–Crippen LogP) is 3.70. The summed E-state index contributed by atoms with van der Waals surface area (Å²) in [6, 6.07) is 4.76. The van der Waals surface area contributed by atoms with Gasteiger partial charge in [-0.2, -0.15) is 0 Å². The van der Waals surface area contributed by atoms with Crippen LogP contribution in [-0.2, 0) is 11.0 Å². The lowest BCUT2D eigenvalue weighted by atomic mass is 10.1. The summed E-state index contributed by atoms with van der Waals surface area (Å²) < 4.78 is 28.3. The molecule has 0 aliphatic heterocycles. The highest BCUT2D eigenvalue weighted by atomic mass is 79.9. The Balaban J connectivity index is 2.80. The minimum atomic E-state index is -1.16. The van der Waals surface area contributed by atoms with Crippen molar-refractivity contribution in [3.63, 3.8) is 0 Å². The van der Waals surface area contributed by atoms with E-state index in [1.807, 2.05) is 33.8 Å². The molecule has 1 rings (SSSR count). The number of benzene rings is 1. The Labute approximate surface area is 113 Å². The average molecular weight is 322 g/mol. The van der Waals surface area contributed by atoms with Crippen LogP contribution in [0, 0.1) is 5.82 Å². The molecule has 0 spiro atoms. The maximum absolute atomic E-state index is 13.4. The van der Waals surface area contributed by atoms with Gasteiger partial charge >= 0.3 is 0 Å². The SMILES string of the molecule is C[C@H](N[S@](=O)C(C)(C)C)c1ccc(Br)c(F)c1. The van der Waals surface area contributed by atoms with E-state index < -0.39 is 11.0 Å². The summed E-state index contributed by atoms with van der Waals surface area (Å²) in [5, 5.41) is 0. The fourth-order valence-electron chi connectivity index (χ4n) is 1.19. The van der Waals surface area contributed by atoms with Crippen molar-refractivity contribution in [3.05, 3.63) is 34.1 Å². The molecule has 1 aromatic rings. The Morgan fingerprint density at radius 3 is 2.47 bits per heavy atom. The standard InChI is InChI=1S/C12H17BrFNOS/c1-8(15-17(16)12(2,3)4)9-5-6-10(13)11(14)7-9/h5-8,15H,1-4H3/t8-,17+/m0/s1. The summed E-state index contributed by atoms with van der Waals surface area (Å²) in [4.78, 5) is 0. The minimum absolute atomic E-state index is 0.155. The third-order valence-corrected chi connectivity index (χ3v) is 4.61. The van der Waals surface area contributed by atoms with Gasteiger partial charge in [0.05, 0.1) is 20.2 Å². The monoisotopic (exact) mass is 321 g/mol. The molecular weight excluding hydrogens is 305 g/mol. The van der Waals surface area contributed by atoms with Gasteiger partial charge in [0.15, 0.2) is 0 Å². The molecule has 0 bridgehead atoms. The number of halogens is 2. The first-order valence-electron chi connectivity index (χ1n) is 5.35. The third kappa shape index (κ3) is 4.16. The molecule has 0 saturated carbocycles. The average Bonchev–Trinajstić information content (AvgIpc) is 2.20. The summed E-state index contributed by atoms with van der Waals surface area (Å²) in [7, 11) is -1.16. The molecule has 0 heterocycles. The summed E-state index contributed by atoms with van der Waals surface area (Å²) in [5.74, 6) is -0.308. The normalized spacial score (nSPS) is 15.6. The second-order valence-corrected chi connectivity index (χ2v) is 7.75. The highest BCUT2D eigenvalue weighted by Crippen LogP contribution is 2.22. The Morgan fingerprint density at radius 2 is 2.00 bits per heavy atom. The van der Waals surface area contributed by atoms with Crippen LogP contribution in [-0.4, -0.2) is 8.96 Å². The van der Waals surface area contributed by atoms with Crippen LogP contribution < -0.4 is 4.72 Å². The third-order valence-electron chi connectivity index (χ3n) is 2.28. The van der Waals surface area contributed by atoms with Crippen LogP contribution in [0.4, 0.5) is 4.39 Å². The molecule has 1 N–H and O–H groups in total. The van der Waals surface area contributed by atoms with Gasteiger partial charge in [0.2, 0.25) is 0 Å². The fourth-order valence-corrected chi connectivity index (χ4v) is 2.24. The van der Waals surface area contributed by atoms with Crippen molar-refractivity contribution in [1.82, 2.24) is 4.72 Å². The smallest absolute Gasteiger partial charge is 0.137 e. The van der Waals surface area contributed by atoms with E-state index in [9.17, 15) is 8.60 Å². The van der Waals surface area contributed by atoms with Gasteiger partial charge in [-0.15, -0.1) is 0 Å². The molecule has 1 aromatic carbocycles. The highest BCUT2D eigenvalue weighted by molar-refractivity contribution is 9.10. The zero-order valence-electron chi connectivity index (χ0n) is 10.4. The molecule has 17 heavy (non-hydrogen) atoms. The lowest BCUT2D eigenvalue weighted by Gasteiger charge is -2.22. The van der Waals surface area contributed by atoms with Crippen molar-refractivity contribution in [1.29, 1.82) is 0 Å². The first kappa shape index (κ1) is 14.8. The minimum Gasteiger partial charge on any atom is -0.242 e. The zero-order valence-corrected chi connectivity index (χ0v) is 12.8. The largest absolute Gasteiger partial charge is 0.242 e. The van der Waals surface area contributed by atoms with Gasteiger partial charge in [0.25, 0.3) is 0 Å². The van der Waals surface area contributed by atoms with Crippen molar-refractivity contribution < 1.29 is 8.60 Å². The first-order valence-corrected chi connectivity index (χ1v) is 7.29. The zero-order chi connectivity index (χ0) is 13.2. The first-order chi connectivity index (χ1) is 7.71. The van der Waals surface area contributed by atoms with Gasteiger partial charge in [0, 0.05) is 6.04 Å². The van der Waals surface area contributed by atoms with E-state index in [0.717, 1.165) is 5.56 Å². The van der Waals surface area contributed by atoms with E-state index >= 15 is 0 Å². The molecule has 0 amide bonds. The molecule has 2 nitrogen and oxygen atoms in total. The number of hydrogen-bond donors (Lipinski definition) is 1. The molecule has 2 atom stereocenters. The van der Waals surface area contributed by atoms with Crippen molar-refractivity contribution >= 4 is 26.9 Å². The summed E-state index contributed by atoms with van der Waals surface area (Å²) in [6.45, 7) is 7.55. The molecule has 0 saturated heterocycles. The molecule has 0 fully saturated rings. The second-order valence-electron chi connectivity index (χ2n) is 4.89. The van der Waals surface area contributed by atoms with E-state index in [2.05, 4.69) is 20.7 Å². The van der Waals surface area contributed by atoms with E-state index in [4.69, 9.17) is 0 Å². The van der Waals surface area contributed by atoms with Crippen molar-refractivity contribution in [2.24, 2.45) is 0 Å². The Hall–Kier alpha value is -0.260. The molecular formula is C12H17BrFNOS. The molecule has 0 radical (unpaired) electrons. The highest BCUT2D eigenvalue weighted by Gasteiger charge is 2.21. The van der Waals surface area contributed by atoms with Crippen LogP contribution in [0.15, 0.2) is 22.7 Å². The van der Waals surface area contributed by atoms with Gasteiger partial charge in [-0.05, 0) is 61.3 Å². The summed E-state index contributed by atoms with van der Waals surface area (Å²) in [6.07, 6.45) is 0. The Morgan fingerprint density at radius 1 is 1.41 bits per heavy atom. The number of hydrogen-bond acceptors (Lipinski definition) is 1. The Kier molecular flexibility index (Phi) is 4.86. The molecule has 96 valence electrons. The topological polar surface area (TPSA) is 29.1 Å². The fraction of sp³-hybridized carbons (Fsp3) is 0.500. The molecule has 0 unspecified atom stereocenters. The lowest BCUT2D eigenvalue weighted by Crippen LogP contribution is -2.34. The van der Waals surface area contributed by atoms with Crippen LogP contribution in [0.3, 0.4) is 0 Å². The number of rotatable bonds is 3. The predicted molar refractivity (Wildman–Crippen MR) is 73.5 cm³/mol. The molecule has 0 aliphatic rings. The number of nitrogens with one attached hydrogen (secondary N) is 1. The second kappa shape index (κ2) is 5.59. The van der Waals surface area contributed by atoms with E-state index in [-0.39, 0.29) is 16.6 Å². The van der Waals surface area contributed by atoms with Crippen molar-refractivity contribution in [2.45, 2.75) is 38.5 Å². The van der Waals surface area contributed by atoms with Crippen molar-refractivity contribution in [3.8, 4) is 0 Å². The maximum atomic E-state index is 13.4. The van der Waals surface area contributed by atoms with Gasteiger partial charge in [-0.25, -0.2) is 13.3 Å². The quantitative estimate of drug-likeness (QED) is 0.903. The Bertz CT molecular complexity index is 431. The van der Waals surface area contributed by atoms with Crippen molar-refractivity contribution in [2.75, 3.05) is 0 Å². The lowest BCUT2D eigenvalue weighted by molar-refractivity contribution is 0.602. The van der Waals surface area contributed by atoms with Crippen LogP contribution in [0.1, 0.15) is 39.3 Å². The van der Waals surface area contributed by atoms with E-state index in [1.54, 1.807) is 6.07 Å². The van der Waals surface area contributed by atoms with Crippen LogP contribution in [0.25, 0.3) is 0 Å². The van der Waals surface area contributed by atoms with E-state index in [0.29, 0.717) is 4.47 Å². The van der Waals surface area contributed by atoms with Gasteiger partial charge in [-0.3, -0.25) is 0 Å². The van der Waals surface area contributed by atoms with Crippen LogP contribution in [0.2, 0.25) is 0 Å². The molecule has 0 aromatic heterocycles. The van der Waals surface area contributed by atoms with Gasteiger partial charge in [0.1, 0.15) is 5.82 Å². The summed E-state index contributed by atoms with van der Waals surface area (Å²) in [5.41, 5.74) is 0.781. The van der Waals surface area contributed by atoms with Crippen LogP contribution in [0.5, 0.6) is 0 Å². The molecule has 0 aliphatic carbocycles. The van der Waals surface area contributed by atoms with Crippen LogP contribution >= 0.6 is 15.9 Å². The maximum Gasteiger partial charge on any atom is 0.137 e. The van der Waals surface area contributed by atoms with E-state index in [1.165, 1.54) is 6.07 Å². The van der Waals surface area contributed by atoms with Gasteiger partial charge < -0.3 is 0 Å². The summed E-state index contributed by atoms with van der Waals surface area (Å²) >= 11 is 3.11. The van der Waals surface area contributed by atoms with Gasteiger partial charge in [-0.1, -0.05) is 6.07 Å².